The van der Waals surface area contributed by atoms with Crippen LogP contribution in [0.2, 0.25) is 5.02 Å². The molecule has 0 heterocycles. The van der Waals surface area contributed by atoms with Gasteiger partial charge in [0, 0.05) is 5.02 Å². The molecule has 2 aromatic rings. The second-order valence-electron chi connectivity index (χ2n) is 4.30. The first-order valence-corrected chi connectivity index (χ1v) is 6.39. The Morgan fingerprint density at radius 1 is 0.810 bits per heavy atom. The highest BCUT2D eigenvalue weighted by atomic mass is 35.5. The van der Waals surface area contributed by atoms with Gasteiger partial charge in [-0.25, -0.2) is 9.59 Å². The first kappa shape index (κ1) is 14.8. The number of carbonyl (C=O) groups is 2. The molecule has 0 bridgehead atoms. The average molecular weight is 303 g/mol. The molecule has 0 unspecified atom stereocenters. The fourth-order valence-electron chi connectivity index (χ4n) is 1.80. The highest BCUT2D eigenvalue weighted by Crippen LogP contribution is 2.16. The van der Waals surface area contributed by atoms with E-state index in [1.165, 1.54) is 12.1 Å². The van der Waals surface area contributed by atoms with Gasteiger partial charge in [0.25, 0.3) is 0 Å². The Kier molecular flexibility index (Phi) is 4.40. The van der Waals surface area contributed by atoms with E-state index >= 15 is 0 Å². The maximum atomic E-state index is 11.1. The molecule has 0 fully saturated rings. The zero-order valence-corrected chi connectivity index (χ0v) is 11.5. The van der Waals surface area contributed by atoms with Gasteiger partial charge in [0.05, 0.1) is 11.1 Å². The third-order valence-electron chi connectivity index (χ3n) is 2.84. The zero-order valence-electron chi connectivity index (χ0n) is 10.8. The van der Waals surface area contributed by atoms with Gasteiger partial charge < -0.3 is 10.2 Å². The number of hydrogen-bond donors (Lipinski definition) is 2. The Balaban J connectivity index is 2.32. The second kappa shape index (κ2) is 6.24. The molecule has 0 saturated heterocycles. The third kappa shape index (κ3) is 3.70. The molecular weight excluding hydrogens is 292 g/mol. The molecule has 0 spiro atoms. The summed E-state index contributed by atoms with van der Waals surface area (Å²) in [6.45, 7) is 0. The topological polar surface area (TPSA) is 74.6 Å². The summed E-state index contributed by atoms with van der Waals surface area (Å²) < 4.78 is 0. The lowest BCUT2D eigenvalue weighted by Gasteiger charge is -2.03. The average Bonchev–Trinajstić information content (AvgIpc) is 2.46. The summed E-state index contributed by atoms with van der Waals surface area (Å²) in [5, 5.41) is 18.6. The number of carboxylic acid groups (broad SMARTS) is 2. The predicted octanol–water partition coefficient (Wildman–Crippen LogP) is 3.91. The maximum Gasteiger partial charge on any atom is 0.336 e. The monoisotopic (exact) mass is 302 g/mol. The van der Waals surface area contributed by atoms with Gasteiger partial charge in [0.2, 0.25) is 0 Å². The molecule has 0 atom stereocenters. The van der Waals surface area contributed by atoms with Crippen LogP contribution in [0.4, 0.5) is 0 Å². The summed E-state index contributed by atoms with van der Waals surface area (Å²) in [6.07, 6.45) is 3.50. The minimum absolute atomic E-state index is 0.230. The summed E-state index contributed by atoms with van der Waals surface area (Å²) in [6, 6.07) is 11.3. The zero-order chi connectivity index (χ0) is 15.4. The summed E-state index contributed by atoms with van der Waals surface area (Å²) in [5.74, 6) is -2.53. The molecule has 4 nitrogen and oxygen atoms in total. The van der Waals surface area contributed by atoms with E-state index in [1.807, 2.05) is 12.1 Å². The lowest BCUT2D eigenvalue weighted by atomic mass is 10.0. The van der Waals surface area contributed by atoms with Crippen LogP contribution in [0.25, 0.3) is 12.2 Å². The highest BCUT2D eigenvalue weighted by molar-refractivity contribution is 6.30. The van der Waals surface area contributed by atoms with Crippen LogP contribution < -0.4 is 0 Å². The molecule has 2 N–H and O–H groups in total. The van der Waals surface area contributed by atoms with Crippen molar-refractivity contribution in [2.24, 2.45) is 0 Å². The van der Waals surface area contributed by atoms with Gasteiger partial charge in [-0.2, -0.15) is 0 Å². The van der Waals surface area contributed by atoms with Gasteiger partial charge in [0.15, 0.2) is 0 Å². The standard InChI is InChI=1S/C16H11ClO4/c17-12-6-3-10(4-7-12)1-2-11-5-8-13(15(18)19)14(9-11)16(20)21/h1-9H,(H,18,19)(H,20,21)/b2-1+. The summed E-state index contributed by atoms with van der Waals surface area (Å²) in [4.78, 5) is 22.0. The number of benzene rings is 2. The van der Waals surface area contributed by atoms with E-state index in [9.17, 15) is 9.59 Å². The minimum Gasteiger partial charge on any atom is -0.478 e. The fraction of sp³-hybridized carbons (Fsp3) is 0. The molecule has 0 aromatic heterocycles. The van der Waals surface area contributed by atoms with Gasteiger partial charge in [-0.15, -0.1) is 0 Å². The Labute approximate surface area is 125 Å². The molecule has 21 heavy (non-hydrogen) atoms. The van der Waals surface area contributed by atoms with E-state index < -0.39 is 11.9 Å². The molecule has 0 aliphatic rings. The van der Waals surface area contributed by atoms with Crippen LogP contribution >= 0.6 is 11.6 Å². The largest absolute Gasteiger partial charge is 0.478 e. The second-order valence-corrected chi connectivity index (χ2v) is 4.74. The summed E-state index contributed by atoms with van der Waals surface area (Å²) in [5.41, 5.74) is 1.04. The van der Waals surface area contributed by atoms with Crippen LogP contribution in [0.3, 0.4) is 0 Å². The molecule has 2 aromatic carbocycles. The first-order valence-electron chi connectivity index (χ1n) is 6.01. The molecular formula is C16H11ClO4. The lowest BCUT2D eigenvalue weighted by Crippen LogP contribution is -2.07. The van der Waals surface area contributed by atoms with Crippen molar-refractivity contribution in [1.29, 1.82) is 0 Å². The quantitative estimate of drug-likeness (QED) is 0.840. The Bertz CT molecular complexity index is 718. The van der Waals surface area contributed by atoms with Gasteiger partial charge in [0.1, 0.15) is 0 Å². The van der Waals surface area contributed by atoms with E-state index in [2.05, 4.69) is 0 Å². The van der Waals surface area contributed by atoms with Crippen LogP contribution in [0.5, 0.6) is 0 Å². The number of aromatic carboxylic acids is 2. The van der Waals surface area contributed by atoms with Crippen LogP contribution in [-0.4, -0.2) is 22.2 Å². The fourth-order valence-corrected chi connectivity index (χ4v) is 1.92. The smallest absolute Gasteiger partial charge is 0.336 e. The summed E-state index contributed by atoms with van der Waals surface area (Å²) in [7, 11) is 0. The predicted molar refractivity (Wildman–Crippen MR) is 80.7 cm³/mol. The van der Waals surface area contributed by atoms with E-state index in [0.29, 0.717) is 10.6 Å². The van der Waals surface area contributed by atoms with Crippen LogP contribution in [0.15, 0.2) is 42.5 Å². The lowest BCUT2D eigenvalue weighted by molar-refractivity contribution is 0.0651. The van der Waals surface area contributed by atoms with Crippen molar-refractivity contribution >= 4 is 35.7 Å². The van der Waals surface area contributed by atoms with Crippen molar-refractivity contribution in [2.75, 3.05) is 0 Å². The maximum absolute atomic E-state index is 11.1. The highest BCUT2D eigenvalue weighted by Gasteiger charge is 2.15. The third-order valence-corrected chi connectivity index (χ3v) is 3.09. The van der Waals surface area contributed by atoms with Gasteiger partial charge >= 0.3 is 11.9 Å². The van der Waals surface area contributed by atoms with Crippen LogP contribution in [0.1, 0.15) is 31.8 Å². The van der Waals surface area contributed by atoms with Crippen molar-refractivity contribution in [1.82, 2.24) is 0 Å². The Hall–Kier alpha value is -2.59. The van der Waals surface area contributed by atoms with Crippen molar-refractivity contribution < 1.29 is 19.8 Å². The van der Waals surface area contributed by atoms with Crippen molar-refractivity contribution in [2.45, 2.75) is 0 Å². The number of hydrogen-bond acceptors (Lipinski definition) is 2. The van der Waals surface area contributed by atoms with E-state index in [1.54, 1.807) is 30.4 Å². The van der Waals surface area contributed by atoms with Gasteiger partial charge in [-0.1, -0.05) is 42.0 Å². The molecule has 0 radical (unpaired) electrons. The van der Waals surface area contributed by atoms with Crippen molar-refractivity contribution in [3.63, 3.8) is 0 Å². The molecule has 0 aliphatic heterocycles. The molecule has 106 valence electrons. The minimum atomic E-state index is -1.27. The van der Waals surface area contributed by atoms with E-state index in [-0.39, 0.29) is 11.1 Å². The van der Waals surface area contributed by atoms with E-state index in [4.69, 9.17) is 21.8 Å². The number of rotatable bonds is 4. The van der Waals surface area contributed by atoms with Gasteiger partial charge in [-0.05, 0) is 35.4 Å². The number of carboxylic acids is 2. The van der Waals surface area contributed by atoms with Crippen LogP contribution in [-0.2, 0) is 0 Å². The number of halogens is 1. The SMILES string of the molecule is O=C(O)c1ccc(/C=C/c2ccc(Cl)cc2)cc1C(=O)O. The normalized spacial score (nSPS) is 10.7. The Morgan fingerprint density at radius 2 is 1.33 bits per heavy atom. The van der Waals surface area contributed by atoms with Crippen molar-refractivity contribution in [3.8, 4) is 0 Å². The molecule has 0 saturated carbocycles. The van der Waals surface area contributed by atoms with Crippen molar-refractivity contribution in [3.05, 3.63) is 69.7 Å². The van der Waals surface area contributed by atoms with E-state index in [0.717, 1.165) is 5.56 Å². The molecule has 0 amide bonds. The first-order chi connectivity index (χ1) is 9.97. The molecule has 5 heteroatoms. The summed E-state index contributed by atoms with van der Waals surface area (Å²) >= 11 is 5.79. The van der Waals surface area contributed by atoms with Gasteiger partial charge in [-0.3, -0.25) is 0 Å². The molecule has 2 rings (SSSR count). The van der Waals surface area contributed by atoms with Crippen LogP contribution in [0, 0.1) is 0 Å². The Morgan fingerprint density at radius 3 is 1.90 bits per heavy atom. The molecule has 0 aliphatic carbocycles.